The van der Waals surface area contributed by atoms with Crippen LogP contribution in [0.1, 0.15) is 49.0 Å². The van der Waals surface area contributed by atoms with Crippen molar-refractivity contribution in [1.82, 2.24) is 14.4 Å². The summed E-state index contributed by atoms with van der Waals surface area (Å²) in [6.45, 7) is 4.59. The van der Waals surface area contributed by atoms with E-state index in [-0.39, 0.29) is 11.9 Å². The van der Waals surface area contributed by atoms with Gasteiger partial charge in [0.15, 0.2) is 0 Å². The fourth-order valence-electron chi connectivity index (χ4n) is 7.16. The van der Waals surface area contributed by atoms with Crippen LogP contribution in [-0.2, 0) is 11.3 Å². The van der Waals surface area contributed by atoms with Crippen molar-refractivity contribution in [2.75, 3.05) is 33.4 Å². The molecular weight excluding hydrogens is 398 g/mol. The number of hydrogen-bond acceptors (Lipinski definition) is 3. The van der Waals surface area contributed by atoms with Gasteiger partial charge in [-0.1, -0.05) is 36.3 Å². The Morgan fingerprint density at radius 3 is 2.97 bits per heavy atom. The van der Waals surface area contributed by atoms with Crippen molar-refractivity contribution < 1.29 is 9.53 Å². The lowest BCUT2D eigenvalue weighted by molar-refractivity contribution is 0.00116. The third-order valence-electron chi connectivity index (χ3n) is 8.47. The van der Waals surface area contributed by atoms with Crippen molar-refractivity contribution in [3.8, 4) is 0 Å². The van der Waals surface area contributed by atoms with E-state index in [9.17, 15) is 4.79 Å². The number of likely N-dealkylation sites (tertiary alicyclic amines) is 1. The van der Waals surface area contributed by atoms with Crippen molar-refractivity contribution >= 4 is 16.8 Å². The van der Waals surface area contributed by atoms with E-state index >= 15 is 0 Å². The molecule has 1 aliphatic carbocycles. The predicted octanol–water partition coefficient (Wildman–Crippen LogP) is 4.32. The molecule has 5 nitrogen and oxygen atoms in total. The summed E-state index contributed by atoms with van der Waals surface area (Å²) in [7, 11) is 1.73. The van der Waals surface area contributed by atoms with Gasteiger partial charge in [0, 0.05) is 43.7 Å². The number of ether oxygens (including phenoxy) is 1. The minimum absolute atomic E-state index is 0.201. The number of amides is 1. The molecule has 0 radical (unpaired) electrons. The van der Waals surface area contributed by atoms with E-state index in [0.29, 0.717) is 25.0 Å². The van der Waals surface area contributed by atoms with Crippen molar-refractivity contribution in [2.24, 2.45) is 11.8 Å². The molecule has 170 valence electrons. The normalized spacial score (nSPS) is 30.0. The molecule has 2 aromatic rings. The maximum absolute atomic E-state index is 14.1. The molecular formula is C27H35N3O2. The van der Waals surface area contributed by atoms with Gasteiger partial charge >= 0.3 is 0 Å². The molecule has 1 aromatic carbocycles. The predicted molar refractivity (Wildman–Crippen MR) is 127 cm³/mol. The van der Waals surface area contributed by atoms with Crippen LogP contribution >= 0.6 is 0 Å². The number of hydrogen-bond donors (Lipinski definition) is 0. The SMILES string of the molecule is COCCn1c(C(=O)N2CCCC3=CC4CC(CN5CCCCC45)C32)cc2ccccc21. The Morgan fingerprint density at radius 2 is 2.06 bits per heavy atom. The zero-order chi connectivity index (χ0) is 21.7. The molecule has 3 aliphatic heterocycles. The van der Waals surface area contributed by atoms with Crippen molar-refractivity contribution in [2.45, 2.75) is 57.2 Å². The molecule has 6 rings (SSSR count). The van der Waals surface area contributed by atoms with E-state index in [4.69, 9.17) is 4.74 Å². The molecule has 5 heteroatoms. The monoisotopic (exact) mass is 433 g/mol. The van der Waals surface area contributed by atoms with E-state index < -0.39 is 0 Å². The molecule has 32 heavy (non-hydrogen) atoms. The van der Waals surface area contributed by atoms with Gasteiger partial charge in [-0.15, -0.1) is 0 Å². The number of methoxy groups -OCH3 is 1. The first-order valence-electron chi connectivity index (χ1n) is 12.6. The van der Waals surface area contributed by atoms with Gasteiger partial charge in [-0.2, -0.15) is 0 Å². The molecule has 4 atom stereocenters. The molecule has 3 fully saturated rings. The number of fused-ring (bicyclic) bond motifs is 7. The highest BCUT2D eigenvalue weighted by Crippen LogP contribution is 2.45. The van der Waals surface area contributed by atoms with Crippen LogP contribution in [0.2, 0.25) is 0 Å². The lowest BCUT2D eigenvalue weighted by atomic mass is 9.68. The molecule has 2 bridgehead atoms. The van der Waals surface area contributed by atoms with Gasteiger partial charge in [-0.3, -0.25) is 9.69 Å². The van der Waals surface area contributed by atoms with Crippen molar-refractivity contribution in [1.29, 1.82) is 0 Å². The number of piperidine rings is 3. The summed E-state index contributed by atoms with van der Waals surface area (Å²) in [5.41, 5.74) is 3.49. The van der Waals surface area contributed by atoms with Gasteiger partial charge in [0.2, 0.25) is 0 Å². The second-order valence-electron chi connectivity index (χ2n) is 10.2. The van der Waals surface area contributed by atoms with Crippen LogP contribution in [0.5, 0.6) is 0 Å². The van der Waals surface area contributed by atoms with E-state index in [2.05, 4.69) is 50.8 Å². The molecule has 3 saturated heterocycles. The van der Waals surface area contributed by atoms with Crippen LogP contribution in [0.25, 0.3) is 10.9 Å². The number of benzene rings is 1. The van der Waals surface area contributed by atoms with Crippen LogP contribution in [0.15, 0.2) is 42.0 Å². The first-order chi connectivity index (χ1) is 15.7. The minimum atomic E-state index is 0.201. The summed E-state index contributed by atoms with van der Waals surface area (Å²) in [5, 5.41) is 1.14. The third-order valence-corrected chi connectivity index (χ3v) is 8.47. The first kappa shape index (κ1) is 20.5. The van der Waals surface area contributed by atoms with Crippen LogP contribution in [0.3, 0.4) is 0 Å². The highest BCUT2D eigenvalue weighted by atomic mass is 16.5. The number of carbonyl (C=O) groups excluding carboxylic acids is 1. The minimum Gasteiger partial charge on any atom is -0.383 e. The molecule has 4 aliphatic rings. The van der Waals surface area contributed by atoms with E-state index in [1.54, 1.807) is 12.7 Å². The average molecular weight is 434 g/mol. The smallest absolute Gasteiger partial charge is 0.271 e. The van der Waals surface area contributed by atoms with Gasteiger partial charge in [0.05, 0.1) is 12.6 Å². The molecule has 4 heterocycles. The number of para-hydroxylation sites is 1. The number of nitrogens with zero attached hydrogens (tertiary/aromatic N) is 3. The Balaban J connectivity index is 1.35. The molecule has 4 unspecified atom stereocenters. The lowest BCUT2D eigenvalue weighted by Gasteiger charge is -2.54. The highest BCUT2D eigenvalue weighted by molar-refractivity contribution is 5.99. The van der Waals surface area contributed by atoms with Crippen LogP contribution in [0, 0.1) is 11.8 Å². The Bertz CT molecular complexity index is 1040. The maximum atomic E-state index is 14.1. The second kappa shape index (κ2) is 8.35. The fourth-order valence-corrected chi connectivity index (χ4v) is 7.16. The second-order valence-corrected chi connectivity index (χ2v) is 10.2. The van der Waals surface area contributed by atoms with Crippen molar-refractivity contribution in [3.05, 3.63) is 47.7 Å². The average Bonchev–Trinajstić information content (AvgIpc) is 3.20. The standard InChI is InChI=1S/C27H35N3O2/c1-32-14-13-29-24-10-3-2-7-19(24)17-25(29)27(31)30-12-6-8-20-15-21-16-22(26(20)30)18-28-11-5-4-9-23(21)28/h2-3,7,10,15,17,21-23,26H,4-6,8-9,11-14,16,18H2,1H3. The molecule has 0 spiro atoms. The molecule has 0 saturated carbocycles. The summed E-state index contributed by atoms with van der Waals surface area (Å²) in [6.07, 6.45) is 10.2. The molecule has 1 aromatic heterocycles. The highest BCUT2D eigenvalue weighted by Gasteiger charge is 2.47. The largest absolute Gasteiger partial charge is 0.383 e. The van der Waals surface area contributed by atoms with Crippen LogP contribution < -0.4 is 0 Å². The summed E-state index contributed by atoms with van der Waals surface area (Å²) < 4.78 is 7.55. The summed E-state index contributed by atoms with van der Waals surface area (Å²) in [6, 6.07) is 11.5. The van der Waals surface area contributed by atoms with Crippen LogP contribution in [0.4, 0.5) is 0 Å². The van der Waals surface area contributed by atoms with Gasteiger partial charge in [0.1, 0.15) is 5.69 Å². The van der Waals surface area contributed by atoms with E-state index in [1.807, 2.05) is 0 Å². The van der Waals surface area contributed by atoms with Gasteiger partial charge in [0.25, 0.3) is 5.91 Å². The van der Waals surface area contributed by atoms with Gasteiger partial charge in [-0.05, 0) is 62.6 Å². The van der Waals surface area contributed by atoms with Gasteiger partial charge in [-0.25, -0.2) is 0 Å². The topological polar surface area (TPSA) is 37.7 Å². The summed E-state index contributed by atoms with van der Waals surface area (Å²) in [4.78, 5) is 19.1. The molecule has 1 amide bonds. The number of aromatic nitrogens is 1. The molecule has 0 N–H and O–H groups in total. The number of carbonyl (C=O) groups is 1. The zero-order valence-corrected chi connectivity index (χ0v) is 19.2. The van der Waals surface area contributed by atoms with Crippen molar-refractivity contribution in [3.63, 3.8) is 0 Å². The summed E-state index contributed by atoms with van der Waals surface area (Å²) in [5.74, 6) is 1.48. The Kier molecular flexibility index (Phi) is 5.34. The third kappa shape index (κ3) is 3.32. The Labute approximate surface area is 191 Å². The first-order valence-corrected chi connectivity index (χ1v) is 12.6. The summed E-state index contributed by atoms with van der Waals surface area (Å²) >= 11 is 0. The van der Waals surface area contributed by atoms with E-state index in [0.717, 1.165) is 35.6 Å². The van der Waals surface area contributed by atoms with Crippen LogP contribution in [-0.4, -0.2) is 65.7 Å². The van der Waals surface area contributed by atoms with Gasteiger partial charge < -0.3 is 14.2 Å². The number of rotatable bonds is 4. The quantitative estimate of drug-likeness (QED) is 0.674. The zero-order valence-electron chi connectivity index (χ0n) is 19.2. The van der Waals surface area contributed by atoms with E-state index in [1.165, 1.54) is 45.2 Å². The fraction of sp³-hybridized carbons (Fsp3) is 0.593. The maximum Gasteiger partial charge on any atom is 0.271 e. The lowest BCUT2D eigenvalue weighted by Crippen LogP contribution is -2.60. The Hall–Kier alpha value is -2.11. The Morgan fingerprint density at radius 1 is 1.16 bits per heavy atom.